The van der Waals surface area contributed by atoms with Crippen LogP contribution in [-0.4, -0.2) is 45.1 Å². The molecule has 124 valence electrons. The number of carbonyl (C=O) groups is 1. The van der Waals surface area contributed by atoms with Gasteiger partial charge in [0.2, 0.25) is 5.75 Å². The Balaban J connectivity index is 2.87. The maximum Gasteiger partial charge on any atom is 0.308 e. The lowest BCUT2D eigenvalue weighted by Gasteiger charge is -2.22. The second-order valence-corrected chi connectivity index (χ2v) is 5.28. The normalized spacial score (nSPS) is 13.2. The van der Waals surface area contributed by atoms with Crippen LogP contribution in [0.15, 0.2) is 12.1 Å². The molecule has 0 fully saturated rings. The van der Waals surface area contributed by atoms with Gasteiger partial charge >= 0.3 is 5.97 Å². The highest BCUT2D eigenvalue weighted by Gasteiger charge is 2.25. The van der Waals surface area contributed by atoms with Crippen LogP contribution < -0.4 is 14.2 Å². The van der Waals surface area contributed by atoms with E-state index in [1.807, 2.05) is 12.1 Å². The Morgan fingerprint density at radius 3 is 2.05 bits per heavy atom. The van der Waals surface area contributed by atoms with Crippen molar-refractivity contribution in [2.24, 2.45) is 0 Å². The van der Waals surface area contributed by atoms with Gasteiger partial charge < -0.3 is 24.1 Å². The standard InChI is InChI=1S/C16H24O6/c1-16(18,10-14(17)21-4)7-6-11-8-12(19-2)15(22-5)13(9-11)20-3/h8-9,18H,6-7,10H2,1-5H3. The third-order valence-corrected chi connectivity index (χ3v) is 3.43. The zero-order valence-corrected chi connectivity index (χ0v) is 13.8. The molecule has 1 aromatic rings. The number of benzene rings is 1. The van der Waals surface area contributed by atoms with Crippen LogP contribution in [0.25, 0.3) is 0 Å². The number of methoxy groups -OCH3 is 4. The Morgan fingerprint density at radius 1 is 1.09 bits per heavy atom. The lowest BCUT2D eigenvalue weighted by atomic mass is 9.93. The van der Waals surface area contributed by atoms with Gasteiger partial charge in [-0.05, 0) is 37.5 Å². The highest BCUT2D eigenvalue weighted by Crippen LogP contribution is 2.38. The van der Waals surface area contributed by atoms with Crippen LogP contribution in [0, 0.1) is 0 Å². The molecule has 0 aliphatic heterocycles. The van der Waals surface area contributed by atoms with E-state index in [-0.39, 0.29) is 6.42 Å². The Labute approximate surface area is 130 Å². The number of hydrogen-bond acceptors (Lipinski definition) is 6. The summed E-state index contributed by atoms with van der Waals surface area (Å²) in [7, 11) is 5.95. The maximum atomic E-state index is 11.3. The van der Waals surface area contributed by atoms with E-state index in [0.717, 1.165) is 5.56 Å². The van der Waals surface area contributed by atoms with Crippen LogP contribution in [-0.2, 0) is 16.0 Å². The average Bonchev–Trinajstić information content (AvgIpc) is 2.51. The minimum absolute atomic E-state index is 0.0477. The van der Waals surface area contributed by atoms with Gasteiger partial charge in [0.1, 0.15) is 0 Å². The van der Waals surface area contributed by atoms with Crippen molar-refractivity contribution in [2.75, 3.05) is 28.4 Å². The lowest BCUT2D eigenvalue weighted by molar-refractivity contribution is -0.145. The zero-order valence-electron chi connectivity index (χ0n) is 13.8. The fourth-order valence-corrected chi connectivity index (χ4v) is 2.16. The molecule has 0 amide bonds. The Bertz CT molecular complexity index is 484. The number of hydrogen-bond donors (Lipinski definition) is 1. The SMILES string of the molecule is COC(=O)CC(C)(O)CCc1cc(OC)c(OC)c(OC)c1. The van der Waals surface area contributed by atoms with Crippen molar-refractivity contribution < 1.29 is 28.8 Å². The summed E-state index contributed by atoms with van der Waals surface area (Å²) >= 11 is 0. The molecule has 0 spiro atoms. The third-order valence-electron chi connectivity index (χ3n) is 3.43. The minimum Gasteiger partial charge on any atom is -0.493 e. The largest absolute Gasteiger partial charge is 0.493 e. The van der Waals surface area contributed by atoms with Gasteiger partial charge in [0, 0.05) is 0 Å². The van der Waals surface area contributed by atoms with Crippen molar-refractivity contribution >= 4 is 5.97 Å². The van der Waals surface area contributed by atoms with Gasteiger partial charge in [-0.15, -0.1) is 0 Å². The van der Waals surface area contributed by atoms with E-state index in [2.05, 4.69) is 4.74 Å². The highest BCUT2D eigenvalue weighted by atomic mass is 16.5. The number of aliphatic hydroxyl groups is 1. The molecule has 0 heterocycles. The van der Waals surface area contributed by atoms with E-state index in [4.69, 9.17) is 14.2 Å². The maximum absolute atomic E-state index is 11.3. The first kappa shape index (κ1) is 18.1. The van der Waals surface area contributed by atoms with Crippen LogP contribution >= 0.6 is 0 Å². The van der Waals surface area contributed by atoms with Gasteiger partial charge in [-0.1, -0.05) is 0 Å². The fraction of sp³-hybridized carbons (Fsp3) is 0.562. The van der Waals surface area contributed by atoms with Crippen molar-refractivity contribution in [2.45, 2.75) is 31.8 Å². The Kier molecular flexibility index (Phi) is 6.49. The predicted molar refractivity (Wildman–Crippen MR) is 81.7 cm³/mol. The van der Waals surface area contributed by atoms with E-state index < -0.39 is 11.6 Å². The van der Waals surface area contributed by atoms with Crippen LogP contribution in [0.5, 0.6) is 17.2 Å². The molecule has 0 aliphatic carbocycles. The molecule has 0 saturated heterocycles. The van der Waals surface area contributed by atoms with Crippen molar-refractivity contribution in [3.8, 4) is 17.2 Å². The molecular weight excluding hydrogens is 288 g/mol. The van der Waals surface area contributed by atoms with E-state index >= 15 is 0 Å². The molecule has 1 rings (SSSR count). The van der Waals surface area contributed by atoms with Crippen LogP contribution in [0.3, 0.4) is 0 Å². The summed E-state index contributed by atoms with van der Waals surface area (Å²) in [6.45, 7) is 1.61. The van der Waals surface area contributed by atoms with Crippen LogP contribution in [0.2, 0.25) is 0 Å². The molecule has 1 N–H and O–H groups in total. The summed E-state index contributed by atoms with van der Waals surface area (Å²) < 4.78 is 20.4. The van der Waals surface area contributed by atoms with Gasteiger partial charge in [0.25, 0.3) is 0 Å². The summed E-state index contributed by atoms with van der Waals surface area (Å²) in [6.07, 6.45) is 0.912. The summed E-state index contributed by atoms with van der Waals surface area (Å²) in [5, 5.41) is 10.2. The number of ether oxygens (including phenoxy) is 4. The number of carbonyl (C=O) groups excluding carboxylic acids is 1. The summed E-state index contributed by atoms with van der Waals surface area (Å²) in [4.78, 5) is 11.3. The zero-order chi connectivity index (χ0) is 16.8. The van der Waals surface area contributed by atoms with Crippen molar-refractivity contribution in [1.29, 1.82) is 0 Å². The van der Waals surface area contributed by atoms with Gasteiger partial charge in [-0.25, -0.2) is 0 Å². The van der Waals surface area contributed by atoms with Crippen molar-refractivity contribution in [3.05, 3.63) is 17.7 Å². The first-order chi connectivity index (χ1) is 10.4. The van der Waals surface area contributed by atoms with Crippen LogP contribution in [0.4, 0.5) is 0 Å². The monoisotopic (exact) mass is 312 g/mol. The van der Waals surface area contributed by atoms with Crippen molar-refractivity contribution in [1.82, 2.24) is 0 Å². The predicted octanol–water partition coefficient (Wildman–Crippen LogP) is 1.96. The minimum atomic E-state index is -1.13. The fourth-order valence-electron chi connectivity index (χ4n) is 2.16. The molecule has 1 atom stereocenters. The third kappa shape index (κ3) is 4.80. The van der Waals surface area contributed by atoms with Gasteiger partial charge in [0.05, 0.1) is 40.5 Å². The van der Waals surface area contributed by atoms with E-state index in [1.165, 1.54) is 7.11 Å². The molecule has 22 heavy (non-hydrogen) atoms. The Hall–Kier alpha value is -1.95. The molecule has 0 radical (unpaired) electrons. The molecule has 0 bridgehead atoms. The van der Waals surface area contributed by atoms with Gasteiger partial charge in [0.15, 0.2) is 11.5 Å². The molecular formula is C16H24O6. The number of rotatable bonds is 8. The Morgan fingerprint density at radius 2 is 1.64 bits per heavy atom. The van der Waals surface area contributed by atoms with E-state index in [0.29, 0.717) is 30.1 Å². The van der Waals surface area contributed by atoms with Crippen molar-refractivity contribution in [3.63, 3.8) is 0 Å². The first-order valence-corrected chi connectivity index (χ1v) is 6.95. The summed E-state index contributed by atoms with van der Waals surface area (Å²) in [5.74, 6) is 1.21. The average molecular weight is 312 g/mol. The molecule has 0 saturated carbocycles. The van der Waals surface area contributed by atoms with E-state index in [1.54, 1.807) is 28.3 Å². The molecule has 0 aromatic heterocycles. The lowest BCUT2D eigenvalue weighted by Crippen LogP contribution is -2.29. The highest BCUT2D eigenvalue weighted by molar-refractivity contribution is 5.70. The summed E-state index contributed by atoms with van der Waals surface area (Å²) in [5.41, 5.74) is -0.215. The molecule has 6 nitrogen and oxygen atoms in total. The smallest absolute Gasteiger partial charge is 0.308 e. The molecule has 0 aliphatic rings. The van der Waals surface area contributed by atoms with E-state index in [9.17, 15) is 9.90 Å². The van der Waals surface area contributed by atoms with Crippen LogP contribution in [0.1, 0.15) is 25.3 Å². The van der Waals surface area contributed by atoms with Gasteiger partial charge in [-0.3, -0.25) is 4.79 Å². The first-order valence-electron chi connectivity index (χ1n) is 6.95. The molecule has 1 unspecified atom stereocenters. The second kappa shape index (κ2) is 7.89. The second-order valence-electron chi connectivity index (χ2n) is 5.28. The van der Waals surface area contributed by atoms with Gasteiger partial charge in [-0.2, -0.15) is 0 Å². The quantitative estimate of drug-likeness (QED) is 0.740. The molecule has 6 heteroatoms. The summed E-state index contributed by atoms with van der Waals surface area (Å²) in [6, 6.07) is 3.66. The molecule has 1 aromatic carbocycles. The number of aryl methyl sites for hydroxylation is 1. The number of esters is 1. The topological polar surface area (TPSA) is 74.2 Å².